The highest BCUT2D eigenvalue weighted by atomic mass is 19.4. The predicted molar refractivity (Wildman–Crippen MR) is 161 cm³/mol. The van der Waals surface area contributed by atoms with Crippen molar-refractivity contribution in [2.75, 3.05) is 26.1 Å². The molecule has 0 atom stereocenters. The van der Waals surface area contributed by atoms with Gasteiger partial charge in [-0.2, -0.15) is 13.2 Å². The summed E-state index contributed by atoms with van der Waals surface area (Å²) in [5.74, 6) is 2.45. The summed E-state index contributed by atoms with van der Waals surface area (Å²) in [6.45, 7) is 3.22. The number of nitrogens with one attached hydrogen (secondary N) is 2. The van der Waals surface area contributed by atoms with Crippen LogP contribution in [0.15, 0.2) is 84.9 Å². The summed E-state index contributed by atoms with van der Waals surface area (Å²) in [6.07, 6.45) is -0.269. The van der Waals surface area contributed by atoms with Gasteiger partial charge in [0.2, 0.25) is 0 Å². The van der Waals surface area contributed by atoms with Crippen LogP contribution in [0.2, 0.25) is 0 Å². The number of hydrogen-bond donors (Lipinski definition) is 2. The van der Waals surface area contributed by atoms with Crippen molar-refractivity contribution in [3.8, 4) is 23.0 Å². The summed E-state index contributed by atoms with van der Waals surface area (Å²) in [7, 11) is 3.17. The molecular weight excluding hydrogens is 541 g/mol. The van der Waals surface area contributed by atoms with Gasteiger partial charge in [-0.3, -0.25) is 0 Å². The molecule has 0 saturated heterocycles. The van der Waals surface area contributed by atoms with Gasteiger partial charge in [-0.05, 0) is 85.5 Å². The Morgan fingerprint density at radius 3 is 1.79 bits per heavy atom. The molecule has 2 N–H and O–H groups in total. The zero-order valence-corrected chi connectivity index (χ0v) is 24.2. The molecule has 0 aliphatic carbocycles. The second-order valence-corrected chi connectivity index (χ2v) is 9.98. The molecule has 0 bridgehead atoms. The number of ether oxygens (including phenoxy) is 3. The van der Waals surface area contributed by atoms with Crippen LogP contribution in [-0.4, -0.2) is 20.8 Å². The third-order valence-corrected chi connectivity index (χ3v) is 6.91. The molecule has 4 aromatic rings. The van der Waals surface area contributed by atoms with Crippen molar-refractivity contribution in [2.24, 2.45) is 0 Å². The molecule has 0 aliphatic rings. The molecule has 8 heteroatoms. The molecule has 222 valence electrons. The highest BCUT2D eigenvalue weighted by Gasteiger charge is 2.29. The normalized spacial score (nSPS) is 11.3. The lowest BCUT2D eigenvalue weighted by molar-refractivity contribution is -0.137. The standard InChI is InChI=1S/C34H37F3N2O3/c1-4-5-6-24-9-13-27(14-10-24)39-28-15-17-29(18-16-28)42-30-21-32(40-2)31(33(22-30)41-3)23-38-20-19-25-7-11-26(12-8-25)34(35,36)37/h7-18,21-22,38-39H,4-6,19-20,23H2,1-3H3. The second kappa shape index (κ2) is 14.6. The highest BCUT2D eigenvalue weighted by Crippen LogP contribution is 2.36. The number of alkyl halides is 3. The smallest absolute Gasteiger partial charge is 0.416 e. The van der Waals surface area contributed by atoms with Crippen LogP contribution >= 0.6 is 0 Å². The molecule has 0 unspecified atom stereocenters. The Labute approximate surface area is 245 Å². The van der Waals surface area contributed by atoms with E-state index in [-0.39, 0.29) is 0 Å². The molecule has 0 saturated carbocycles. The fraction of sp³-hybridized carbons (Fsp3) is 0.294. The van der Waals surface area contributed by atoms with E-state index in [0.717, 1.165) is 41.1 Å². The first kappa shape index (κ1) is 30.8. The summed E-state index contributed by atoms with van der Waals surface area (Å²) in [6, 6.07) is 25.1. The van der Waals surface area contributed by atoms with Crippen LogP contribution < -0.4 is 24.8 Å². The number of rotatable bonds is 14. The van der Waals surface area contributed by atoms with Crippen LogP contribution in [0.4, 0.5) is 24.5 Å². The minimum absolute atomic E-state index is 0.452. The van der Waals surface area contributed by atoms with Crippen molar-refractivity contribution in [1.82, 2.24) is 5.32 Å². The Hall–Kier alpha value is -4.17. The van der Waals surface area contributed by atoms with Crippen molar-refractivity contribution in [1.29, 1.82) is 0 Å². The van der Waals surface area contributed by atoms with Crippen molar-refractivity contribution < 1.29 is 27.4 Å². The molecule has 0 fully saturated rings. The molecule has 0 aliphatic heterocycles. The molecule has 5 nitrogen and oxygen atoms in total. The SMILES string of the molecule is CCCCc1ccc(Nc2ccc(Oc3cc(OC)c(CNCCc4ccc(C(F)(F)F)cc4)c(OC)c3)cc2)cc1. The van der Waals surface area contributed by atoms with Gasteiger partial charge in [0.15, 0.2) is 0 Å². The van der Waals surface area contributed by atoms with Crippen molar-refractivity contribution in [2.45, 2.75) is 45.3 Å². The third-order valence-electron chi connectivity index (χ3n) is 6.91. The summed E-state index contributed by atoms with van der Waals surface area (Å²) in [4.78, 5) is 0. The molecule has 0 radical (unpaired) electrons. The Bertz CT molecular complexity index is 1380. The summed E-state index contributed by atoms with van der Waals surface area (Å²) >= 11 is 0. The highest BCUT2D eigenvalue weighted by molar-refractivity contribution is 5.61. The first-order chi connectivity index (χ1) is 20.3. The second-order valence-electron chi connectivity index (χ2n) is 9.98. The van der Waals surface area contributed by atoms with Gasteiger partial charge in [-0.1, -0.05) is 37.6 Å². The molecule has 0 heterocycles. The van der Waals surface area contributed by atoms with E-state index in [1.807, 2.05) is 36.4 Å². The predicted octanol–water partition coefficient (Wildman–Crippen LogP) is 8.93. The number of benzene rings is 4. The van der Waals surface area contributed by atoms with Gasteiger partial charge in [-0.15, -0.1) is 0 Å². The van der Waals surface area contributed by atoms with E-state index in [1.54, 1.807) is 14.2 Å². The van der Waals surface area contributed by atoms with Gasteiger partial charge < -0.3 is 24.8 Å². The fourth-order valence-corrected chi connectivity index (χ4v) is 4.54. The van der Waals surface area contributed by atoms with Crippen LogP contribution in [0.25, 0.3) is 0 Å². The fourth-order valence-electron chi connectivity index (χ4n) is 4.54. The van der Waals surface area contributed by atoms with Crippen molar-refractivity contribution >= 4 is 11.4 Å². The van der Waals surface area contributed by atoms with Gasteiger partial charge in [-0.25, -0.2) is 0 Å². The monoisotopic (exact) mass is 578 g/mol. The quantitative estimate of drug-likeness (QED) is 0.146. The molecular formula is C34H37F3N2O3. The van der Waals surface area contributed by atoms with Gasteiger partial charge in [0.25, 0.3) is 0 Å². The van der Waals surface area contributed by atoms with E-state index in [9.17, 15) is 13.2 Å². The lowest BCUT2D eigenvalue weighted by Gasteiger charge is -2.17. The maximum atomic E-state index is 12.8. The van der Waals surface area contributed by atoms with E-state index in [1.165, 1.54) is 30.5 Å². The van der Waals surface area contributed by atoms with Gasteiger partial charge in [0.1, 0.15) is 23.0 Å². The molecule has 42 heavy (non-hydrogen) atoms. The summed E-state index contributed by atoms with van der Waals surface area (Å²) in [5, 5.41) is 6.74. The Kier molecular flexibility index (Phi) is 10.7. The van der Waals surface area contributed by atoms with E-state index < -0.39 is 11.7 Å². The number of hydrogen-bond acceptors (Lipinski definition) is 5. The Morgan fingerprint density at radius 2 is 1.24 bits per heavy atom. The lowest BCUT2D eigenvalue weighted by Crippen LogP contribution is -2.18. The number of unbranched alkanes of at least 4 members (excludes halogenated alkanes) is 1. The number of methoxy groups -OCH3 is 2. The average molecular weight is 579 g/mol. The zero-order chi connectivity index (χ0) is 30.0. The topological polar surface area (TPSA) is 51.8 Å². The maximum Gasteiger partial charge on any atom is 0.416 e. The van der Waals surface area contributed by atoms with Gasteiger partial charge >= 0.3 is 6.18 Å². The molecule has 4 aromatic carbocycles. The minimum atomic E-state index is -4.33. The van der Waals surface area contributed by atoms with Gasteiger partial charge in [0.05, 0.1) is 25.3 Å². The molecule has 4 rings (SSSR count). The summed E-state index contributed by atoms with van der Waals surface area (Å²) < 4.78 is 55.7. The van der Waals surface area contributed by atoms with Crippen LogP contribution in [0.5, 0.6) is 23.0 Å². The average Bonchev–Trinajstić information content (AvgIpc) is 2.99. The Morgan fingerprint density at radius 1 is 0.690 bits per heavy atom. The van der Waals surface area contributed by atoms with Crippen LogP contribution in [-0.2, 0) is 25.6 Å². The van der Waals surface area contributed by atoms with Crippen LogP contribution in [0.1, 0.15) is 42.0 Å². The summed E-state index contributed by atoms with van der Waals surface area (Å²) in [5.41, 5.74) is 4.32. The first-order valence-corrected chi connectivity index (χ1v) is 14.0. The lowest BCUT2D eigenvalue weighted by atomic mass is 10.1. The molecule has 0 aromatic heterocycles. The van der Waals surface area contributed by atoms with E-state index in [2.05, 4.69) is 41.8 Å². The maximum absolute atomic E-state index is 12.8. The van der Waals surface area contributed by atoms with Crippen LogP contribution in [0, 0.1) is 0 Å². The first-order valence-electron chi connectivity index (χ1n) is 14.0. The van der Waals surface area contributed by atoms with Crippen molar-refractivity contribution in [3.63, 3.8) is 0 Å². The Balaban J connectivity index is 1.34. The van der Waals surface area contributed by atoms with E-state index >= 15 is 0 Å². The minimum Gasteiger partial charge on any atom is -0.496 e. The molecule has 0 spiro atoms. The van der Waals surface area contributed by atoms with E-state index in [0.29, 0.717) is 42.5 Å². The zero-order valence-electron chi connectivity index (χ0n) is 24.2. The number of anilines is 2. The van der Waals surface area contributed by atoms with Gasteiger partial charge in [0, 0.05) is 30.1 Å². The molecule has 0 amide bonds. The largest absolute Gasteiger partial charge is 0.496 e. The van der Waals surface area contributed by atoms with Crippen LogP contribution in [0.3, 0.4) is 0 Å². The number of aryl methyl sites for hydroxylation is 1. The van der Waals surface area contributed by atoms with E-state index in [4.69, 9.17) is 14.2 Å². The third kappa shape index (κ3) is 8.66. The van der Waals surface area contributed by atoms with Crippen molar-refractivity contribution in [3.05, 3.63) is 107 Å². The number of halogens is 3.